The first-order valence-electron chi connectivity index (χ1n) is 10.6. The number of fused-ring (bicyclic) bond motifs is 1. The van der Waals surface area contributed by atoms with E-state index in [9.17, 15) is 19.4 Å². The summed E-state index contributed by atoms with van der Waals surface area (Å²) in [6, 6.07) is 22.5. The van der Waals surface area contributed by atoms with Crippen molar-refractivity contribution in [2.45, 2.75) is 51.4 Å². The van der Waals surface area contributed by atoms with E-state index in [2.05, 4.69) is 0 Å². The Labute approximate surface area is 184 Å². The highest BCUT2D eigenvalue weighted by atomic mass is 31.2. The molecule has 0 bridgehead atoms. The van der Waals surface area contributed by atoms with Gasteiger partial charge in [-0.1, -0.05) is 94.4 Å². The molecule has 0 aliphatic rings. The van der Waals surface area contributed by atoms with E-state index in [0.717, 1.165) is 16.3 Å². The molecule has 0 amide bonds. The summed E-state index contributed by atoms with van der Waals surface area (Å²) in [5.74, 6) is -1.06. The van der Waals surface area contributed by atoms with Gasteiger partial charge in [-0.2, -0.15) is 0 Å². The third-order valence-corrected chi connectivity index (χ3v) is 8.99. The van der Waals surface area contributed by atoms with Crippen molar-refractivity contribution in [1.82, 2.24) is 0 Å². The Morgan fingerprint density at radius 1 is 0.935 bits per heavy atom. The van der Waals surface area contributed by atoms with Gasteiger partial charge in [0.2, 0.25) is 7.37 Å². The number of aliphatic carboxylic acids is 1. The van der Waals surface area contributed by atoms with Gasteiger partial charge in [0.05, 0.1) is 5.66 Å². The topological polar surface area (TPSA) is 74.6 Å². The molecular formula is C26H31O4P. The maximum absolute atomic E-state index is 14.0. The number of hydrogen-bond donors (Lipinski definition) is 2. The van der Waals surface area contributed by atoms with Crippen molar-refractivity contribution in [3.05, 3.63) is 83.9 Å². The van der Waals surface area contributed by atoms with Crippen LogP contribution in [0.4, 0.5) is 0 Å². The highest BCUT2D eigenvalue weighted by Crippen LogP contribution is 2.63. The average Bonchev–Trinajstić information content (AvgIpc) is 2.70. The predicted molar refractivity (Wildman–Crippen MR) is 127 cm³/mol. The Hall–Kier alpha value is -2.42. The van der Waals surface area contributed by atoms with E-state index in [1.165, 1.54) is 0 Å². The van der Waals surface area contributed by atoms with Gasteiger partial charge in [-0.25, -0.2) is 0 Å². The minimum atomic E-state index is -3.94. The summed E-state index contributed by atoms with van der Waals surface area (Å²) in [6.07, 6.45) is 0.153. The van der Waals surface area contributed by atoms with Crippen LogP contribution in [-0.2, 0) is 20.9 Å². The fourth-order valence-electron chi connectivity index (χ4n) is 5.04. The van der Waals surface area contributed by atoms with Crippen molar-refractivity contribution in [2.75, 3.05) is 0 Å². The van der Waals surface area contributed by atoms with Crippen LogP contribution in [0.1, 0.15) is 45.2 Å². The van der Waals surface area contributed by atoms with E-state index < -0.39 is 29.8 Å². The van der Waals surface area contributed by atoms with Gasteiger partial charge >= 0.3 is 5.97 Å². The quantitative estimate of drug-likeness (QED) is 0.415. The zero-order valence-corrected chi connectivity index (χ0v) is 19.5. The second-order valence-corrected chi connectivity index (χ2v) is 11.7. The Balaban J connectivity index is 2.24. The lowest BCUT2D eigenvalue weighted by Gasteiger charge is -2.46. The molecule has 3 aromatic carbocycles. The number of hydrogen-bond acceptors (Lipinski definition) is 2. The molecule has 0 aliphatic carbocycles. The van der Waals surface area contributed by atoms with Gasteiger partial charge in [-0.15, -0.1) is 0 Å². The van der Waals surface area contributed by atoms with Crippen molar-refractivity contribution < 1.29 is 19.4 Å². The molecule has 2 N–H and O–H groups in total. The van der Waals surface area contributed by atoms with Crippen LogP contribution in [0.3, 0.4) is 0 Å². The molecule has 31 heavy (non-hydrogen) atoms. The van der Waals surface area contributed by atoms with Gasteiger partial charge in [0.25, 0.3) is 0 Å². The normalized spacial score (nSPS) is 16.9. The lowest BCUT2D eigenvalue weighted by atomic mass is 9.67. The smallest absolute Gasteiger partial charge is 0.314 e. The highest BCUT2D eigenvalue weighted by molar-refractivity contribution is 7.58. The Morgan fingerprint density at radius 3 is 2.06 bits per heavy atom. The molecule has 3 unspecified atom stereocenters. The van der Waals surface area contributed by atoms with Gasteiger partial charge in [0, 0.05) is 6.16 Å². The summed E-state index contributed by atoms with van der Waals surface area (Å²) in [4.78, 5) is 24.4. The van der Waals surface area contributed by atoms with Crippen LogP contribution < -0.4 is 0 Å². The number of benzene rings is 3. The molecule has 3 aromatic rings. The summed E-state index contributed by atoms with van der Waals surface area (Å²) < 4.78 is 14.0. The highest BCUT2D eigenvalue weighted by Gasteiger charge is 2.58. The Kier molecular flexibility index (Phi) is 6.45. The minimum absolute atomic E-state index is 0.0572. The molecule has 0 saturated carbocycles. The summed E-state index contributed by atoms with van der Waals surface area (Å²) in [5.41, 5.74) is -1.89. The first kappa shape index (κ1) is 23.2. The second-order valence-electron chi connectivity index (χ2n) is 9.36. The van der Waals surface area contributed by atoms with Crippen molar-refractivity contribution in [2.24, 2.45) is 5.41 Å². The van der Waals surface area contributed by atoms with E-state index in [1.54, 1.807) is 13.0 Å². The van der Waals surface area contributed by atoms with Crippen molar-refractivity contribution >= 4 is 24.1 Å². The largest absolute Gasteiger partial charge is 0.481 e. The molecule has 0 radical (unpaired) electrons. The van der Waals surface area contributed by atoms with E-state index in [-0.39, 0.29) is 12.6 Å². The second kappa shape index (κ2) is 8.61. The summed E-state index contributed by atoms with van der Waals surface area (Å²) in [6.45, 7) is 7.38. The summed E-state index contributed by atoms with van der Waals surface area (Å²) in [7, 11) is -3.94. The zero-order chi connectivity index (χ0) is 22.9. The lowest BCUT2D eigenvalue weighted by molar-refractivity contribution is -0.145. The third-order valence-electron chi connectivity index (χ3n) is 6.15. The molecule has 0 aliphatic heterocycles. The first-order chi connectivity index (χ1) is 14.5. The number of rotatable bonds is 7. The van der Waals surface area contributed by atoms with E-state index in [4.69, 9.17) is 0 Å². The lowest BCUT2D eigenvalue weighted by Crippen LogP contribution is -2.52. The van der Waals surface area contributed by atoms with Gasteiger partial charge in [0.1, 0.15) is 5.41 Å². The van der Waals surface area contributed by atoms with Crippen LogP contribution in [0, 0.1) is 5.41 Å². The molecule has 0 spiro atoms. The Bertz CT molecular complexity index is 1120. The molecule has 3 rings (SSSR count). The number of carboxylic acid groups (broad SMARTS) is 1. The van der Waals surface area contributed by atoms with E-state index in [0.29, 0.717) is 5.56 Å². The van der Waals surface area contributed by atoms with Crippen molar-refractivity contribution in [3.8, 4) is 0 Å². The number of carbonyl (C=O) groups is 1. The SMILES string of the molecule is CCC(C(=O)O)(c1ccc2ccccc2c1)C(C(C)(C)C)P(=O)(O)Cc1ccccc1. The minimum Gasteiger partial charge on any atom is -0.481 e. The monoisotopic (exact) mass is 438 g/mol. The maximum atomic E-state index is 14.0. The summed E-state index contributed by atoms with van der Waals surface area (Å²) in [5, 5.41) is 12.5. The van der Waals surface area contributed by atoms with Crippen molar-refractivity contribution in [3.63, 3.8) is 0 Å². The average molecular weight is 439 g/mol. The van der Waals surface area contributed by atoms with Crippen LogP contribution >= 0.6 is 7.37 Å². The van der Waals surface area contributed by atoms with Crippen LogP contribution in [0.25, 0.3) is 10.8 Å². The summed E-state index contributed by atoms with van der Waals surface area (Å²) >= 11 is 0. The van der Waals surface area contributed by atoms with Gasteiger partial charge in [-0.05, 0) is 39.8 Å². The van der Waals surface area contributed by atoms with Crippen LogP contribution in [0.15, 0.2) is 72.8 Å². The van der Waals surface area contributed by atoms with Crippen LogP contribution in [0.5, 0.6) is 0 Å². The molecule has 3 atom stereocenters. The van der Waals surface area contributed by atoms with E-state index in [1.807, 2.05) is 87.5 Å². The molecule has 0 heterocycles. The van der Waals surface area contributed by atoms with Crippen LogP contribution in [-0.4, -0.2) is 21.6 Å². The molecule has 164 valence electrons. The zero-order valence-electron chi connectivity index (χ0n) is 18.6. The molecule has 4 nitrogen and oxygen atoms in total. The molecule has 0 fully saturated rings. The molecule has 0 aromatic heterocycles. The standard InChI is InChI=1S/C26H31O4P/c1-5-26(24(27)28,22-16-15-20-13-9-10-14-21(20)17-22)23(25(2,3)4)31(29,30)18-19-11-7-6-8-12-19/h6-17,23H,5,18H2,1-4H3,(H,27,28)(H,29,30). The molecule has 5 heteroatoms. The maximum Gasteiger partial charge on any atom is 0.314 e. The van der Waals surface area contributed by atoms with Gasteiger partial charge in [0.15, 0.2) is 0 Å². The molecular weight excluding hydrogens is 407 g/mol. The van der Waals surface area contributed by atoms with Gasteiger partial charge in [-0.3, -0.25) is 9.36 Å². The fourth-order valence-corrected chi connectivity index (χ4v) is 8.30. The molecule has 0 saturated heterocycles. The van der Waals surface area contributed by atoms with Crippen LogP contribution in [0.2, 0.25) is 0 Å². The van der Waals surface area contributed by atoms with Crippen molar-refractivity contribution in [1.29, 1.82) is 0 Å². The fraction of sp³-hybridized carbons (Fsp3) is 0.346. The third kappa shape index (κ3) is 4.46. The predicted octanol–water partition coefficient (Wildman–Crippen LogP) is 6.46. The van der Waals surface area contributed by atoms with E-state index >= 15 is 0 Å². The van der Waals surface area contributed by atoms with Gasteiger partial charge < -0.3 is 10.00 Å². The number of carboxylic acids is 1. The Morgan fingerprint density at radius 2 is 1.52 bits per heavy atom. The first-order valence-corrected chi connectivity index (χ1v) is 12.5.